The van der Waals surface area contributed by atoms with E-state index in [0.717, 1.165) is 24.8 Å². The lowest BCUT2D eigenvalue weighted by atomic mass is 10.0. The molecule has 106 valence electrons. The van der Waals surface area contributed by atoms with Gasteiger partial charge in [0.05, 0.1) is 4.90 Å². The second-order valence-electron chi connectivity index (χ2n) is 5.25. The van der Waals surface area contributed by atoms with E-state index in [-0.39, 0.29) is 12.1 Å². The first kappa shape index (κ1) is 14.5. The summed E-state index contributed by atoms with van der Waals surface area (Å²) in [7, 11) is -3.39. The molecule has 0 unspecified atom stereocenters. The van der Waals surface area contributed by atoms with Crippen molar-refractivity contribution in [2.45, 2.75) is 50.1 Å². The van der Waals surface area contributed by atoms with Crippen LogP contribution in [0.3, 0.4) is 0 Å². The van der Waals surface area contributed by atoms with E-state index < -0.39 is 10.0 Å². The first-order valence-electron chi connectivity index (χ1n) is 6.81. The number of rotatable bonds is 3. The number of nitrogens with zero attached hydrogens (tertiary/aromatic N) is 1. The number of piperidine rings is 1. The van der Waals surface area contributed by atoms with Gasteiger partial charge in [0.15, 0.2) is 0 Å². The van der Waals surface area contributed by atoms with Crippen LogP contribution in [0.5, 0.6) is 0 Å². The molecule has 1 heterocycles. The first-order valence-corrected chi connectivity index (χ1v) is 8.25. The number of hydrogen-bond acceptors (Lipinski definition) is 3. The third kappa shape index (κ3) is 2.99. The fourth-order valence-corrected chi connectivity index (χ4v) is 4.33. The van der Waals surface area contributed by atoms with Crippen LogP contribution in [0.1, 0.15) is 32.3 Å². The quantitative estimate of drug-likeness (QED) is 0.918. The topological polar surface area (TPSA) is 63.4 Å². The molecule has 0 spiro atoms. The summed E-state index contributed by atoms with van der Waals surface area (Å²) in [5.41, 5.74) is 6.94. The lowest BCUT2D eigenvalue weighted by Gasteiger charge is -2.35. The number of hydrogen-bond donors (Lipinski definition) is 1. The van der Waals surface area contributed by atoms with E-state index in [4.69, 9.17) is 5.73 Å². The van der Waals surface area contributed by atoms with Crippen molar-refractivity contribution < 1.29 is 8.42 Å². The van der Waals surface area contributed by atoms with Crippen LogP contribution < -0.4 is 5.73 Å². The van der Waals surface area contributed by atoms with Crippen molar-refractivity contribution in [2.24, 2.45) is 5.73 Å². The molecule has 4 nitrogen and oxygen atoms in total. The molecule has 0 radical (unpaired) electrons. The van der Waals surface area contributed by atoms with Crippen molar-refractivity contribution in [3.8, 4) is 0 Å². The Kier molecular flexibility index (Phi) is 4.28. The zero-order valence-electron chi connectivity index (χ0n) is 11.5. The van der Waals surface area contributed by atoms with Gasteiger partial charge in [-0.05, 0) is 43.9 Å². The van der Waals surface area contributed by atoms with Gasteiger partial charge in [0, 0.05) is 18.6 Å². The molecule has 2 atom stereocenters. The zero-order valence-corrected chi connectivity index (χ0v) is 12.4. The van der Waals surface area contributed by atoms with Crippen LogP contribution in [-0.2, 0) is 16.4 Å². The van der Waals surface area contributed by atoms with Crippen molar-refractivity contribution in [2.75, 3.05) is 6.54 Å². The summed E-state index contributed by atoms with van der Waals surface area (Å²) < 4.78 is 26.9. The fraction of sp³-hybridized carbons (Fsp3) is 0.571. The summed E-state index contributed by atoms with van der Waals surface area (Å²) in [6.45, 7) is 4.47. The molecule has 0 saturated carbocycles. The van der Waals surface area contributed by atoms with Crippen molar-refractivity contribution in [1.82, 2.24) is 4.31 Å². The van der Waals surface area contributed by atoms with E-state index in [2.05, 4.69) is 0 Å². The minimum absolute atomic E-state index is 0.0287. The van der Waals surface area contributed by atoms with Crippen LogP contribution in [0.4, 0.5) is 0 Å². The Labute approximate surface area is 115 Å². The van der Waals surface area contributed by atoms with Gasteiger partial charge in [-0.25, -0.2) is 8.42 Å². The van der Waals surface area contributed by atoms with Crippen LogP contribution >= 0.6 is 0 Å². The fourth-order valence-electron chi connectivity index (χ4n) is 2.61. The molecule has 19 heavy (non-hydrogen) atoms. The lowest BCUT2D eigenvalue weighted by Crippen LogP contribution is -2.48. The number of aryl methyl sites for hydroxylation is 1. The second kappa shape index (κ2) is 5.61. The zero-order chi connectivity index (χ0) is 14.0. The number of benzene rings is 1. The average molecular weight is 282 g/mol. The van der Waals surface area contributed by atoms with Crippen molar-refractivity contribution in [1.29, 1.82) is 0 Å². The Balaban J connectivity index is 2.31. The van der Waals surface area contributed by atoms with Crippen molar-refractivity contribution in [3.63, 3.8) is 0 Å². The van der Waals surface area contributed by atoms with Gasteiger partial charge in [-0.2, -0.15) is 4.31 Å². The molecule has 1 saturated heterocycles. The smallest absolute Gasteiger partial charge is 0.243 e. The standard InChI is InChI=1S/C14H22N2O2S/c1-3-12-5-4-6-14(10-12)19(17,18)16-8-7-13(15)9-11(16)2/h4-6,10-11,13H,3,7-9,15H2,1-2H3/t11-,13-/m0/s1. The Morgan fingerprint density at radius 3 is 2.79 bits per heavy atom. The predicted octanol–water partition coefficient (Wildman–Crippen LogP) is 1.75. The summed E-state index contributed by atoms with van der Waals surface area (Å²) in [5, 5.41) is 0. The Bertz CT molecular complexity index is 542. The van der Waals surface area contributed by atoms with Gasteiger partial charge in [-0.1, -0.05) is 19.1 Å². The maximum atomic E-state index is 12.7. The molecular formula is C14H22N2O2S. The summed E-state index contributed by atoms with van der Waals surface area (Å²) in [6.07, 6.45) is 2.30. The maximum absolute atomic E-state index is 12.7. The third-order valence-corrected chi connectivity index (χ3v) is 5.78. The lowest BCUT2D eigenvalue weighted by molar-refractivity contribution is 0.247. The minimum Gasteiger partial charge on any atom is -0.328 e. The van der Waals surface area contributed by atoms with Crippen LogP contribution in [0.15, 0.2) is 29.2 Å². The number of sulfonamides is 1. The van der Waals surface area contributed by atoms with Crippen molar-refractivity contribution in [3.05, 3.63) is 29.8 Å². The van der Waals surface area contributed by atoms with E-state index in [1.54, 1.807) is 16.4 Å². The van der Waals surface area contributed by atoms with E-state index in [0.29, 0.717) is 11.4 Å². The first-order chi connectivity index (χ1) is 8.95. The molecule has 0 amide bonds. The number of nitrogens with two attached hydrogens (primary N) is 1. The highest BCUT2D eigenvalue weighted by atomic mass is 32.2. The van der Waals surface area contributed by atoms with Gasteiger partial charge in [0.25, 0.3) is 0 Å². The molecule has 5 heteroatoms. The molecule has 0 bridgehead atoms. The average Bonchev–Trinajstić information content (AvgIpc) is 2.38. The van der Waals surface area contributed by atoms with Crippen molar-refractivity contribution >= 4 is 10.0 Å². The molecule has 0 aromatic heterocycles. The van der Waals surface area contributed by atoms with Gasteiger partial charge in [0.2, 0.25) is 10.0 Å². The van der Waals surface area contributed by atoms with Gasteiger partial charge in [-0.3, -0.25) is 0 Å². The molecule has 0 aliphatic carbocycles. The van der Waals surface area contributed by atoms with E-state index >= 15 is 0 Å². The summed E-state index contributed by atoms with van der Waals surface area (Å²) in [6, 6.07) is 7.30. The van der Waals surface area contributed by atoms with E-state index in [9.17, 15) is 8.42 Å². The van der Waals surface area contributed by atoms with Gasteiger partial charge >= 0.3 is 0 Å². The molecule has 1 aromatic rings. The molecule has 1 aliphatic rings. The van der Waals surface area contributed by atoms with Crippen LogP contribution in [0.2, 0.25) is 0 Å². The van der Waals surface area contributed by atoms with Crippen LogP contribution in [0.25, 0.3) is 0 Å². The van der Waals surface area contributed by atoms with Gasteiger partial charge in [-0.15, -0.1) is 0 Å². The monoisotopic (exact) mass is 282 g/mol. The molecular weight excluding hydrogens is 260 g/mol. The van der Waals surface area contributed by atoms with Crippen LogP contribution in [-0.4, -0.2) is 31.4 Å². The Hall–Kier alpha value is -0.910. The second-order valence-corrected chi connectivity index (χ2v) is 7.14. The SMILES string of the molecule is CCc1cccc(S(=O)(=O)N2CC[C@H](N)C[C@@H]2C)c1. The highest BCUT2D eigenvalue weighted by molar-refractivity contribution is 7.89. The Morgan fingerprint density at radius 1 is 1.42 bits per heavy atom. The molecule has 1 aliphatic heterocycles. The van der Waals surface area contributed by atoms with E-state index in [1.807, 2.05) is 26.0 Å². The molecule has 1 aromatic carbocycles. The molecule has 1 fully saturated rings. The highest BCUT2D eigenvalue weighted by Gasteiger charge is 2.33. The van der Waals surface area contributed by atoms with Crippen LogP contribution in [0, 0.1) is 0 Å². The summed E-state index contributed by atoms with van der Waals surface area (Å²) >= 11 is 0. The minimum atomic E-state index is -3.39. The summed E-state index contributed by atoms with van der Waals surface area (Å²) in [5.74, 6) is 0. The molecule has 2 N–H and O–H groups in total. The van der Waals surface area contributed by atoms with Gasteiger partial charge < -0.3 is 5.73 Å². The summed E-state index contributed by atoms with van der Waals surface area (Å²) in [4.78, 5) is 0.397. The predicted molar refractivity (Wildman–Crippen MR) is 76.4 cm³/mol. The normalized spacial score (nSPS) is 25.4. The Morgan fingerprint density at radius 2 is 2.16 bits per heavy atom. The largest absolute Gasteiger partial charge is 0.328 e. The third-order valence-electron chi connectivity index (χ3n) is 3.77. The molecule has 2 rings (SSSR count). The highest BCUT2D eigenvalue weighted by Crippen LogP contribution is 2.25. The maximum Gasteiger partial charge on any atom is 0.243 e. The van der Waals surface area contributed by atoms with E-state index in [1.165, 1.54) is 0 Å². The van der Waals surface area contributed by atoms with Gasteiger partial charge in [0.1, 0.15) is 0 Å².